The quantitative estimate of drug-likeness (QED) is 0.614. The molecule has 1 aromatic carbocycles. The minimum absolute atomic E-state index is 0.350. The van der Waals surface area contributed by atoms with Gasteiger partial charge in [0, 0.05) is 15.7 Å². The molecule has 0 unspecified atom stereocenters. The number of nitrogens with two attached hydrogens (primary N) is 1. The molecule has 0 radical (unpaired) electrons. The van der Waals surface area contributed by atoms with Gasteiger partial charge >= 0.3 is 6.18 Å². The van der Waals surface area contributed by atoms with Crippen molar-refractivity contribution >= 4 is 21.6 Å². The largest absolute Gasteiger partial charge is 0.417 e. The lowest BCUT2D eigenvalue weighted by Gasteiger charge is -2.12. The lowest BCUT2D eigenvalue weighted by atomic mass is 10.1. The molecule has 84 valence electrons. The SMILES string of the molecule is Nc1cc(Br)c(C(F)(F)F)cc1C(F)F. The number of benzene rings is 1. The van der Waals surface area contributed by atoms with Crippen molar-refractivity contribution < 1.29 is 22.0 Å². The van der Waals surface area contributed by atoms with Crippen molar-refractivity contribution in [2.75, 3.05) is 5.73 Å². The van der Waals surface area contributed by atoms with E-state index in [1.807, 2.05) is 0 Å². The summed E-state index contributed by atoms with van der Waals surface area (Å²) in [4.78, 5) is 0. The van der Waals surface area contributed by atoms with Crippen LogP contribution in [0, 0.1) is 0 Å². The van der Waals surface area contributed by atoms with Crippen molar-refractivity contribution in [2.24, 2.45) is 0 Å². The Kier molecular flexibility index (Phi) is 3.22. The highest BCUT2D eigenvalue weighted by atomic mass is 79.9. The third-order valence-electron chi connectivity index (χ3n) is 1.71. The predicted octanol–water partition coefficient (Wildman–Crippen LogP) is 3.99. The lowest BCUT2D eigenvalue weighted by molar-refractivity contribution is -0.138. The van der Waals surface area contributed by atoms with E-state index in [2.05, 4.69) is 15.9 Å². The summed E-state index contributed by atoms with van der Waals surface area (Å²) in [7, 11) is 0. The third kappa shape index (κ3) is 2.58. The van der Waals surface area contributed by atoms with Gasteiger partial charge in [0.25, 0.3) is 6.43 Å². The summed E-state index contributed by atoms with van der Waals surface area (Å²) < 4.78 is 61.1. The van der Waals surface area contributed by atoms with Gasteiger partial charge in [0.05, 0.1) is 5.56 Å². The van der Waals surface area contributed by atoms with E-state index < -0.39 is 23.7 Å². The van der Waals surface area contributed by atoms with Crippen molar-refractivity contribution in [3.8, 4) is 0 Å². The van der Waals surface area contributed by atoms with E-state index in [1.54, 1.807) is 0 Å². The topological polar surface area (TPSA) is 26.0 Å². The Hall–Kier alpha value is -0.850. The maximum atomic E-state index is 12.3. The molecule has 0 spiro atoms. The molecule has 0 aromatic heterocycles. The smallest absolute Gasteiger partial charge is 0.398 e. The molecule has 0 amide bonds. The van der Waals surface area contributed by atoms with Crippen LogP contribution in [0.1, 0.15) is 17.6 Å². The van der Waals surface area contributed by atoms with E-state index in [4.69, 9.17) is 5.73 Å². The molecule has 0 saturated carbocycles. The van der Waals surface area contributed by atoms with Crippen molar-refractivity contribution in [1.82, 2.24) is 0 Å². The molecule has 0 aliphatic carbocycles. The Labute approximate surface area is 90.2 Å². The molecular formula is C8H5BrF5N. The fraction of sp³-hybridized carbons (Fsp3) is 0.250. The van der Waals surface area contributed by atoms with Gasteiger partial charge in [-0.1, -0.05) is 15.9 Å². The second kappa shape index (κ2) is 3.96. The van der Waals surface area contributed by atoms with E-state index in [0.29, 0.717) is 6.07 Å². The highest BCUT2D eigenvalue weighted by molar-refractivity contribution is 9.10. The van der Waals surface area contributed by atoms with Gasteiger partial charge in [0.1, 0.15) is 0 Å². The van der Waals surface area contributed by atoms with Crippen molar-refractivity contribution in [3.05, 3.63) is 27.7 Å². The molecule has 0 aliphatic heterocycles. The van der Waals surface area contributed by atoms with E-state index in [9.17, 15) is 22.0 Å². The highest BCUT2D eigenvalue weighted by Crippen LogP contribution is 2.39. The van der Waals surface area contributed by atoms with Crippen LogP contribution in [-0.4, -0.2) is 0 Å². The fourth-order valence-corrected chi connectivity index (χ4v) is 1.60. The van der Waals surface area contributed by atoms with Gasteiger partial charge in [-0.15, -0.1) is 0 Å². The molecule has 0 aliphatic rings. The molecule has 15 heavy (non-hydrogen) atoms. The number of alkyl halides is 5. The van der Waals surface area contributed by atoms with E-state index in [0.717, 1.165) is 6.07 Å². The van der Waals surface area contributed by atoms with Crippen LogP contribution in [-0.2, 0) is 6.18 Å². The predicted molar refractivity (Wildman–Crippen MR) is 48.5 cm³/mol. The number of rotatable bonds is 1. The Morgan fingerprint density at radius 1 is 1.20 bits per heavy atom. The lowest BCUT2D eigenvalue weighted by Crippen LogP contribution is -2.08. The van der Waals surface area contributed by atoms with Gasteiger partial charge in [-0.3, -0.25) is 0 Å². The summed E-state index contributed by atoms with van der Waals surface area (Å²) in [5.74, 6) is 0. The third-order valence-corrected chi connectivity index (χ3v) is 2.37. The molecule has 0 atom stereocenters. The van der Waals surface area contributed by atoms with Gasteiger partial charge < -0.3 is 5.73 Å². The van der Waals surface area contributed by atoms with Gasteiger partial charge in [-0.25, -0.2) is 8.78 Å². The summed E-state index contributed by atoms with van der Waals surface area (Å²) >= 11 is 2.62. The average Bonchev–Trinajstić information content (AvgIpc) is 2.00. The van der Waals surface area contributed by atoms with Gasteiger partial charge in [0.2, 0.25) is 0 Å². The Balaban J connectivity index is 3.37. The number of halogens is 6. The number of nitrogen functional groups attached to an aromatic ring is 1. The second-order valence-electron chi connectivity index (χ2n) is 2.76. The van der Waals surface area contributed by atoms with Crippen LogP contribution in [0.15, 0.2) is 16.6 Å². The molecular weight excluding hydrogens is 285 g/mol. The van der Waals surface area contributed by atoms with Gasteiger partial charge in [0.15, 0.2) is 0 Å². The maximum Gasteiger partial charge on any atom is 0.417 e. The maximum absolute atomic E-state index is 12.3. The molecule has 0 bridgehead atoms. The number of hydrogen-bond donors (Lipinski definition) is 1. The van der Waals surface area contributed by atoms with Crippen LogP contribution in [0.25, 0.3) is 0 Å². The summed E-state index contributed by atoms with van der Waals surface area (Å²) in [6.45, 7) is 0. The van der Waals surface area contributed by atoms with Gasteiger partial charge in [-0.2, -0.15) is 13.2 Å². The van der Waals surface area contributed by atoms with Crippen LogP contribution in [0.5, 0.6) is 0 Å². The monoisotopic (exact) mass is 289 g/mol. The first-order chi connectivity index (χ1) is 6.73. The summed E-state index contributed by atoms with van der Waals surface area (Å²) in [6.07, 6.45) is -7.71. The average molecular weight is 290 g/mol. The molecule has 0 fully saturated rings. The molecule has 1 aromatic rings. The van der Waals surface area contributed by atoms with Gasteiger partial charge in [-0.05, 0) is 12.1 Å². The van der Waals surface area contributed by atoms with Crippen LogP contribution in [0.2, 0.25) is 0 Å². The molecule has 0 saturated heterocycles. The van der Waals surface area contributed by atoms with E-state index in [-0.39, 0.29) is 10.2 Å². The molecule has 7 heteroatoms. The summed E-state index contributed by atoms with van der Waals surface area (Å²) in [5, 5.41) is 0. The van der Waals surface area contributed by atoms with E-state index >= 15 is 0 Å². The first-order valence-electron chi connectivity index (χ1n) is 3.67. The van der Waals surface area contributed by atoms with Crippen LogP contribution >= 0.6 is 15.9 Å². The van der Waals surface area contributed by atoms with Crippen LogP contribution in [0.4, 0.5) is 27.6 Å². The zero-order valence-electron chi connectivity index (χ0n) is 7.08. The Morgan fingerprint density at radius 2 is 1.73 bits per heavy atom. The normalized spacial score (nSPS) is 12.2. The van der Waals surface area contributed by atoms with E-state index in [1.165, 1.54) is 0 Å². The minimum Gasteiger partial charge on any atom is -0.398 e. The standard InChI is InChI=1S/C8H5BrF5N/c9-5-2-6(15)3(7(10)11)1-4(5)8(12,13)14/h1-2,7H,15H2. The fourth-order valence-electron chi connectivity index (χ4n) is 1.01. The molecule has 0 heterocycles. The molecule has 1 nitrogen and oxygen atoms in total. The van der Waals surface area contributed by atoms with Crippen molar-refractivity contribution in [3.63, 3.8) is 0 Å². The molecule has 1 rings (SSSR count). The summed E-state index contributed by atoms with van der Waals surface area (Å²) in [6, 6.07) is 1.17. The minimum atomic E-state index is -4.68. The van der Waals surface area contributed by atoms with Crippen molar-refractivity contribution in [1.29, 1.82) is 0 Å². The summed E-state index contributed by atoms with van der Waals surface area (Å²) in [5.41, 5.74) is 2.81. The highest BCUT2D eigenvalue weighted by Gasteiger charge is 2.34. The zero-order valence-corrected chi connectivity index (χ0v) is 8.66. The van der Waals surface area contributed by atoms with Crippen LogP contribution < -0.4 is 5.73 Å². The van der Waals surface area contributed by atoms with Crippen LogP contribution in [0.3, 0.4) is 0 Å². The van der Waals surface area contributed by atoms with Crippen molar-refractivity contribution in [2.45, 2.75) is 12.6 Å². The Bertz CT molecular complexity index is 374. The molecule has 2 N–H and O–H groups in total. The first-order valence-corrected chi connectivity index (χ1v) is 4.47. The zero-order chi connectivity index (χ0) is 11.8. The number of hydrogen-bond acceptors (Lipinski definition) is 1. The Morgan fingerprint density at radius 3 is 2.13 bits per heavy atom. The second-order valence-corrected chi connectivity index (χ2v) is 3.61. The first kappa shape index (κ1) is 12.2. The number of anilines is 1.